The number of thiophene rings is 1. The highest BCUT2D eigenvalue weighted by Crippen LogP contribution is 2.37. The molecular formula is C25H24N4O4S. The van der Waals surface area contributed by atoms with Crippen molar-refractivity contribution in [1.29, 1.82) is 0 Å². The predicted molar refractivity (Wildman–Crippen MR) is 132 cm³/mol. The van der Waals surface area contributed by atoms with Gasteiger partial charge in [0, 0.05) is 16.9 Å². The van der Waals surface area contributed by atoms with Crippen LogP contribution in [0, 0.1) is 0 Å². The van der Waals surface area contributed by atoms with Gasteiger partial charge in [-0.05, 0) is 55.8 Å². The van der Waals surface area contributed by atoms with Crippen LogP contribution in [0.5, 0.6) is 5.75 Å². The summed E-state index contributed by atoms with van der Waals surface area (Å²) in [5, 5.41) is 0.590. The van der Waals surface area contributed by atoms with Crippen molar-refractivity contribution in [3.05, 3.63) is 81.0 Å². The number of ether oxygens (including phenoxy) is 2. The van der Waals surface area contributed by atoms with E-state index in [4.69, 9.17) is 14.5 Å². The van der Waals surface area contributed by atoms with Crippen LogP contribution in [0.1, 0.15) is 34.6 Å². The fraction of sp³-hybridized carbons (Fsp3) is 0.240. The van der Waals surface area contributed by atoms with Crippen molar-refractivity contribution in [2.24, 2.45) is 0 Å². The molecule has 0 spiro atoms. The monoisotopic (exact) mass is 476 g/mol. The number of amides is 1. The van der Waals surface area contributed by atoms with E-state index in [1.807, 2.05) is 19.9 Å². The molecule has 4 aromatic rings. The molecule has 2 aromatic heterocycles. The Balaban J connectivity index is 1.62. The van der Waals surface area contributed by atoms with Crippen LogP contribution in [-0.2, 0) is 17.8 Å². The molecule has 34 heavy (non-hydrogen) atoms. The Hall–Kier alpha value is -3.69. The van der Waals surface area contributed by atoms with E-state index < -0.39 is 0 Å². The SMILES string of the molecule is COc1ccc(-n2c(NNC(=O)c3ccccc3)nc3sc4c(c3c2=O)CC(C)(C)OC4)cc1. The summed E-state index contributed by atoms with van der Waals surface area (Å²) >= 11 is 1.45. The number of carbonyl (C=O) groups is 1. The number of aromatic nitrogens is 2. The summed E-state index contributed by atoms with van der Waals surface area (Å²) in [7, 11) is 1.59. The first-order chi connectivity index (χ1) is 16.4. The van der Waals surface area contributed by atoms with Gasteiger partial charge in [0.25, 0.3) is 11.5 Å². The normalized spacial score (nSPS) is 14.4. The second-order valence-electron chi connectivity index (χ2n) is 8.63. The maximum atomic E-state index is 13.9. The first kappa shape index (κ1) is 22.1. The summed E-state index contributed by atoms with van der Waals surface area (Å²) in [4.78, 5) is 32.8. The summed E-state index contributed by atoms with van der Waals surface area (Å²) < 4.78 is 12.7. The van der Waals surface area contributed by atoms with Crippen LogP contribution in [0.15, 0.2) is 59.4 Å². The number of hydrogen-bond donors (Lipinski definition) is 2. The molecule has 1 aliphatic rings. The van der Waals surface area contributed by atoms with Crippen molar-refractivity contribution in [1.82, 2.24) is 15.0 Å². The molecule has 3 heterocycles. The molecule has 8 nitrogen and oxygen atoms in total. The lowest BCUT2D eigenvalue weighted by molar-refractivity contribution is -0.0379. The molecule has 9 heteroatoms. The summed E-state index contributed by atoms with van der Waals surface area (Å²) in [5.41, 5.74) is 7.02. The molecule has 0 unspecified atom stereocenters. The summed E-state index contributed by atoms with van der Waals surface area (Å²) in [6.45, 7) is 4.48. The lowest BCUT2D eigenvalue weighted by Gasteiger charge is -2.29. The Labute approximate surface area is 200 Å². The molecule has 2 aromatic carbocycles. The van der Waals surface area contributed by atoms with Crippen molar-refractivity contribution in [3.63, 3.8) is 0 Å². The van der Waals surface area contributed by atoms with E-state index in [1.165, 1.54) is 15.9 Å². The van der Waals surface area contributed by atoms with Crippen molar-refractivity contribution in [2.75, 3.05) is 12.5 Å². The number of benzene rings is 2. The zero-order valence-corrected chi connectivity index (χ0v) is 19.9. The number of carbonyl (C=O) groups excluding carboxylic acids is 1. The fourth-order valence-electron chi connectivity index (χ4n) is 4.02. The zero-order valence-electron chi connectivity index (χ0n) is 19.0. The van der Waals surface area contributed by atoms with Crippen molar-refractivity contribution in [2.45, 2.75) is 32.5 Å². The number of hydrazine groups is 1. The minimum Gasteiger partial charge on any atom is -0.497 e. The third-order valence-electron chi connectivity index (χ3n) is 5.76. The average molecular weight is 477 g/mol. The second kappa shape index (κ2) is 8.58. The average Bonchev–Trinajstić information content (AvgIpc) is 3.20. The molecule has 0 saturated heterocycles. The van der Waals surface area contributed by atoms with E-state index in [0.717, 1.165) is 10.4 Å². The van der Waals surface area contributed by atoms with Gasteiger partial charge in [-0.25, -0.2) is 9.55 Å². The number of methoxy groups -OCH3 is 1. The Morgan fingerprint density at radius 2 is 1.88 bits per heavy atom. The fourth-order valence-corrected chi connectivity index (χ4v) is 5.11. The van der Waals surface area contributed by atoms with Gasteiger partial charge >= 0.3 is 0 Å². The molecule has 0 saturated carbocycles. The van der Waals surface area contributed by atoms with E-state index in [-0.39, 0.29) is 23.0 Å². The third-order valence-corrected chi connectivity index (χ3v) is 6.86. The Kier molecular flexibility index (Phi) is 5.59. The van der Waals surface area contributed by atoms with E-state index in [0.29, 0.717) is 40.2 Å². The van der Waals surface area contributed by atoms with Gasteiger partial charge in [-0.2, -0.15) is 0 Å². The third kappa shape index (κ3) is 4.04. The maximum Gasteiger partial charge on any atom is 0.269 e. The van der Waals surface area contributed by atoms with Gasteiger partial charge in [0.05, 0.1) is 30.4 Å². The molecule has 5 rings (SSSR count). The molecule has 1 amide bonds. The van der Waals surface area contributed by atoms with E-state index in [2.05, 4.69) is 10.9 Å². The summed E-state index contributed by atoms with van der Waals surface area (Å²) in [6, 6.07) is 15.9. The quantitative estimate of drug-likeness (QED) is 0.422. The van der Waals surface area contributed by atoms with Crippen molar-refractivity contribution >= 4 is 33.4 Å². The molecule has 174 valence electrons. The number of nitrogens with one attached hydrogen (secondary N) is 2. The van der Waals surface area contributed by atoms with E-state index in [9.17, 15) is 9.59 Å². The summed E-state index contributed by atoms with van der Waals surface area (Å²) in [6.07, 6.45) is 0.624. The highest BCUT2D eigenvalue weighted by molar-refractivity contribution is 7.18. The lowest BCUT2D eigenvalue weighted by Crippen LogP contribution is -2.34. The predicted octanol–water partition coefficient (Wildman–Crippen LogP) is 4.06. The lowest BCUT2D eigenvalue weighted by atomic mass is 9.94. The zero-order chi connectivity index (χ0) is 23.9. The molecule has 0 radical (unpaired) electrons. The molecular weight excluding hydrogens is 452 g/mol. The molecule has 2 N–H and O–H groups in total. The van der Waals surface area contributed by atoms with Gasteiger partial charge in [-0.3, -0.25) is 20.4 Å². The molecule has 0 atom stereocenters. The van der Waals surface area contributed by atoms with Crippen LogP contribution in [0.4, 0.5) is 5.95 Å². The van der Waals surface area contributed by atoms with Gasteiger partial charge in [-0.1, -0.05) is 18.2 Å². The Morgan fingerprint density at radius 1 is 1.15 bits per heavy atom. The van der Waals surface area contributed by atoms with Crippen molar-refractivity contribution in [3.8, 4) is 11.4 Å². The number of hydrogen-bond acceptors (Lipinski definition) is 7. The standard InChI is InChI=1S/C25H24N4O4S/c1-25(2)13-18-19(14-33-25)34-22-20(18)23(31)29(16-9-11-17(32-3)12-10-16)24(26-22)28-27-21(30)15-7-5-4-6-8-15/h4-12H,13-14H2,1-3H3,(H,26,28)(H,27,30). The molecule has 0 fully saturated rings. The van der Waals surface area contributed by atoms with Crippen LogP contribution in [0.3, 0.4) is 0 Å². The van der Waals surface area contributed by atoms with Crippen LogP contribution in [0.2, 0.25) is 0 Å². The number of fused-ring (bicyclic) bond motifs is 3. The minimum atomic E-state index is -0.362. The van der Waals surface area contributed by atoms with Gasteiger partial charge in [-0.15, -0.1) is 11.3 Å². The van der Waals surface area contributed by atoms with Crippen LogP contribution >= 0.6 is 11.3 Å². The number of anilines is 1. The second-order valence-corrected chi connectivity index (χ2v) is 9.71. The van der Waals surface area contributed by atoms with Crippen LogP contribution < -0.4 is 21.1 Å². The largest absolute Gasteiger partial charge is 0.497 e. The number of nitrogens with zero attached hydrogens (tertiary/aromatic N) is 2. The van der Waals surface area contributed by atoms with Gasteiger partial charge < -0.3 is 9.47 Å². The Morgan fingerprint density at radius 3 is 2.59 bits per heavy atom. The van der Waals surface area contributed by atoms with Crippen LogP contribution in [-0.4, -0.2) is 28.2 Å². The smallest absolute Gasteiger partial charge is 0.269 e. The summed E-state index contributed by atoms with van der Waals surface area (Å²) in [5.74, 6) is 0.548. The maximum absolute atomic E-state index is 13.9. The first-order valence-electron chi connectivity index (χ1n) is 10.8. The minimum absolute atomic E-state index is 0.207. The molecule has 1 aliphatic heterocycles. The van der Waals surface area contributed by atoms with Gasteiger partial charge in [0.1, 0.15) is 10.6 Å². The molecule has 0 bridgehead atoms. The highest BCUT2D eigenvalue weighted by atomic mass is 32.1. The van der Waals surface area contributed by atoms with Crippen molar-refractivity contribution < 1.29 is 14.3 Å². The van der Waals surface area contributed by atoms with Crippen LogP contribution in [0.25, 0.3) is 15.9 Å². The van der Waals surface area contributed by atoms with Gasteiger partial charge in [0.2, 0.25) is 5.95 Å². The highest BCUT2D eigenvalue weighted by Gasteiger charge is 2.31. The first-order valence-corrected chi connectivity index (χ1v) is 11.6. The van der Waals surface area contributed by atoms with Gasteiger partial charge in [0.15, 0.2) is 0 Å². The van der Waals surface area contributed by atoms with E-state index in [1.54, 1.807) is 55.6 Å². The number of rotatable bonds is 5. The topological polar surface area (TPSA) is 94.5 Å². The van der Waals surface area contributed by atoms with E-state index >= 15 is 0 Å². The molecule has 0 aliphatic carbocycles. The Bertz CT molecular complexity index is 1430.